The number of carbonyl (C=O) groups is 3. The van der Waals surface area contributed by atoms with Crippen molar-refractivity contribution in [1.82, 2.24) is 15.5 Å². The number of nitrogens with one attached hydrogen (secondary N) is 3. The summed E-state index contributed by atoms with van der Waals surface area (Å²) in [6.07, 6.45) is 4.51. The highest BCUT2D eigenvalue weighted by atomic mass is 16.5. The second-order valence-electron chi connectivity index (χ2n) is 10.8. The van der Waals surface area contributed by atoms with Crippen LogP contribution in [0.15, 0.2) is 48.5 Å². The maximum Gasteiger partial charge on any atom is 0.251 e. The first-order valence-corrected chi connectivity index (χ1v) is 13.8. The predicted octanol–water partition coefficient (Wildman–Crippen LogP) is 3.64. The van der Waals surface area contributed by atoms with E-state index in [1.807, 2.05) is 24.3 Å². The molecule has 3 aliphatic rings. The monoisotopic (exact) mass is 518 g/mol. The molecule has 3 amide bonds. The molecule has 2 fully saturated rings. The lowest BCUT2D eigenvalue weighted by Gasteiger charge is -2.41. The second kappa shape index (κ2) is 11.6. The van der Waals surface area contributed by atoms with Gasteiger partial charge in [-0.15, -0.1) is 0 Å². The van der Waals surface area contributed by atoms with Crippen LogP contribution in [0.2, 0.25) is 0 Å². The van der Waals surface area contributed by atoms with Crippen LogP contribution in [0.3, 0.4) is 0 Å². The first-order valence-electron chi connectivity index (χ1n) is 13.8. The van der Waals surface area contributed by atoms with Gasteiger partial charge in [-0.1, -0.05) is 43.2 Å². The molecule has 2 aliphatic heterocycles. The molecule has 1 aliphatic carbocycles. The molecule has 3 N–H and O–H groups in total. The number of benzene rings is 2. The summed E-state index contributed by atoms with van der Waals surface area (Å²) < 4.78 is 5.52. The summed E-state index contributed by atoms with van der Waals surface area (Å²) in [6, 6.07) is 15.5. The number of hydrogen-bond donors (Lipinski definition) is 3. The van der Waals surface area contributed by atoms with E-state index in [9.17, 15) is 14.4 Å². The number of rotatable bonds is 7. The molecular formula is C30H38N4O4. The van der Waals surface area contributed by atoms with Gasteiger partial charge in [-0.3, -0.25) is 14.4 Å². The topological polar surface area (TPSA) is 99.8 Å². The summed E-state index contributed by atoms with van der Waals surface area (Å²) in [5, 5.41) is 9.59. The van der Waals surface area contributed by atoms with Crippen molar-refractivity contribution in [3.8, 4) is 0 Å². The second-order valence-corrected chi connectivity index (χ2v) is 10.8. The van der Waals surface area contributed by atoms with Crippen LogP contribution in [0.4, 0.5) is 5.69 Å². The number of hydrogen-bond acceptors (Lipinski definition) is 5. The molecule has 0 spiro atoms. The van der Waals surface area contributed by atoms with Crippen LogP contribution in [0.1, 0.15) is 66.6 Å². The zero-order valence-corrected chi connectivity index (χ0v) is 22.2. The van der Waals surface area contributed by atoms with Gasteiger partial charge in [-0.25, -0.2) is 0 Å². The molecule has 0 bridgehead atoms. The van der Waals surface area contributed by atoms with Gasteiger partial charge in [0, 0.05) is 50.3 Å². The van der Waals surface area contributed by atoms with Crippen LogP contribution in [-0.2, 0) is 20.9 Å². The number of ether oxygens (including phenoxy) is 1. The SMILES string of the molecule is COC[C@@H]1Nc2ccccc2[C@H]2[C@H]1CCN2C(=O)[C@H]1CCCC[C@H]1NC(=O)c1ccc(CNC(C)=O)cc1. The Labute approximate surface area is 224 Å². The van der Waals surface area contributed by atoms with Crippen molar-refractivity contribution in [2.75, 3.05) is 25.6 Å². The highest BCUT2D eigenvalue weighted by molar-refractivity contribution is 5.95. The van der Waals surface area contributed by atoms with Crippen molar-refractivity contribution in [1.29, 1.82) is 0 Å². The third kappa shape index (κ3) is 5.41. The van der Waals surface area contributed by atoms with Crippen molar-refractivity contribution in [3.63, 3.8) is 0 Å². The van der Waals surface area contributed by atoms with Gasteiger partial charge in [0.1, 0.15) is 0 Å². The van der Waals surface area contributed by atoms with Crippen molar-refractivity contribution >= 4 is 23.4 Å². The Balaban J connectivity index is 1.31. The van der Waals surface area contributed by atoms with E-state index < -0.39 is 0 Å². The Morgan fingerprint density at radius 3 is 2.55 bits per heavy atom. The van der Waals surface area contributed by atoms with E-state index in [0.29, 0.717) is 24.6 Å². The van der Waals surface area contributed by atoms with Gasteiger partial charge in [0.2, 0.25) is 11.8 Å². The van der Waals surface area contributed by atoms with Crippen LogP contribution < -0.4 is 16.0 Å². The Hall–Kier alpha value is -3.39. The Bertz CT molecular complexity index is 1170. The minimum atomic E-state index is -0.228. The number of para-hydroxylation sites is 1. The molecule has 8 heteroatoms. The van der Waals surface area contributed by atoms with Gasteiger partial charge in [-0.05, 0) is 48.6 Å². The Kier molecular flexibility index (Phi) is 7.98. The fourth-order valence-corrected chi connectivity index (χ4v) is 6.49. The fourth-order valence-electron chi connectivity index (χ4n) is 6.49. The first-order chi connectivity index (χ1) is 18.5. The van der Waals surface area contributed by atoms with Crippen molar-refractivity contribution in [2.24, 2.45) is 11.8 Å². The van der Waals surface area contributed by atoms with E-state index in [2.05, 4.69) is 33.0 Å². The third-order valence-corrected chi connectivity index (χ3v) is 8.37. The van der Waals surface area contributed by atoms with Crippen molar-refractivity contribution < 1.29 is 19.1 Å². The zero-order chi connectivity index (χ0) is 26.6. The average Bonchev–Trinajstić information content (AvgIpc) is 3.38. The van der Waals surface area contributed by atoms with Gasteiger partial charge >= 0.3 is 0 Å². The predicted molar refractivity (Wildman–Crippen MR) is 145 cm³/mol. The average molecular weight is 519 g/mol. The molecule has 0 unspecified atom stereocenters. The summed E-state index contributed by atoms with van der Waals surface area (Å²) in [4.78, 5) is 40.5. The lowest BCUT2D eigenvalue weighted by atomic mass is 9.81. The number of amides is 3. The van der Waals surface area contributed by atoms with Gasteiger partial charge in [-0.2, -0.15) is 0 Å². The van der Waals surface area contributed by atoms with Crippen molar-refractivity contribution in [2.45, 2.75) is 63.7 Å². The molecule has 8 nitrogen and oxygen atoms in total. The molecule has 0 radical (unpaired) electrons. The third-order valence-electron chi connectivity index (χ3n) is 8.37. The first kappa shape index (κ1) is 26.2. The summed E-state index contributed by atoms with van der Waals surface area (Å²) in [7, 11) is 1.72. The maximum absolute atomic E-state index is 14.1. The minimum Gasteiger partial charge on any atom is -0.383 e. The van der Waals surface area contributed by atoms with Crippen molar-refractivity contribution in [3.05, 3.63) is 65.2 Å². The smallest absolute Gasteiger partial charge is 0.251 e. The summed E-state index contributed by atoms with van der Waals surface area (Å²) in [5.41, 5.74) is 3.74. The van der Waals surface area contributed by atoms with Gasteiger partial charge < -0.3 is 25.6 Å². The number of anilines is 1. The number of fused-ring (bicyclic) bond motifs is 3. The fraction of sp³-hybridized carbons (Fsp3) is 0.500. The van der Waals surface area contributed by atoms with Crippen LogP contribution in [-0.4, -0.2) is 55.0 Å². The maximum atomic E-state index is 14.1. The number of likely N-dealkylation sites (tertiary alicyclic amines) is 1. The van der Waals surface area contributed by atoms with Crippen LogP contribution in [0.25, 0.3) is 0 Å². The normalized spacial score (nSPS) is 26.1. The summed E-state index contributed by atoms with van der Waals surface area (Å²) in [6.45, 7) is 3.23. The number of nitrogens with zero attached hydrogens (tertiary/aromatic N) is 1. The highest BCUT2D eigenvalue weighted by Crippen LogP contribution is 2.47. The number of methoxy groups -OCH3 is 1. The summed E-state index contributed by atoms with van der Waals surface area (Å²) >= 11 is 0. The molecule has 1 saturated carbocycles. The number of carbonyl (C=O) groups excluding carboxylic acids is 3. The van der Waals surface area contributed by atoms with E-state index in [4.69, 9.17) is 4.74 Å². The van der Waals surface area contributed by atoms with Gasteiger partial charge in [0.05, 0.1) is 24.6 Å². The minimum absolute atomic E-state index is 0.0227. The van der Waals surface area contributed by atoms with E-state index in [-0.39, 0.29) is 41.8 Å². The molecule has 5 rings (SSSR count). The largest absolute Gasteiger partial charge is 0.383 e. The molecule has 2 aromatic carbocycles. The molecule has 2 heterocycles. The van der Waals surface area contributed by atoms with Gasteiger partial charge in [0.15, 0.2) is 0 Å². The Morgan fingerprint density at radius 2 is 1.79 bits per heavy atom. The quantitative estimate of drug-likeness (QED) is 0.520. The van der Waals surface area contributed by atoms with E-state index in [1.165, 1.54) is 12.5 Å². The molecule has 202 valence electrons. The van der Waals surface area contributed by atoms with Gasteiger partial charge in [0.25, 0.3) is 5.91 Å². The van der Waals surface area contributed by atoms with Crippen LogP contribution in [0, 0.1) is 11.8 Å². The molecule has 38 heavy (non-hydrogen) atoms. The molecule has 0 aromatic heterocycles. The highest BCUT2D eigenvalue weighted by Gasteiger charge is 2.48. The lowest BCUT2D eigenvalue weighted by Crippen LogP contribution is -2.50. The molecule has 5 atom stereocenters. The van der Waals surface area contributed by atoms with E-state index >= 15 is 0 Å². The van der Waals surface area contributed by atoms with E-state index in [1.54, 1.807) is 19.2 Å². The van der Waals surface area contributed by atoms with Crippen LogP contribution >= 0.6 is 0 Å². The van der Waals surface area contributed by atoms with E-state index in [0.717, 1.165) is 49.9 Å². The summed E-state index contributed by atoms with van der Waals surface area (Å²) in [5.74, 6) is -0.0327. The molecular weight excluding hydrogens is 480 g/mol. The Morgan fingerprint density at radius 1 is 1.03 bits per heavy atom. The molecule has 2 aromatic rings. The lowest BCUT2D eigenvalue weighted by molar-refractivity contribution is -0.139. The van der Waals surface area contributed by atoms with Crippen LogP contribution in [0.5, 0.6) is 0 Å². The molecule has 1 saturated heterocycles. The zero-order valence-electron chi connectivity index (χ0n) is 22.2. The standard InChI is InChI=1S/C30H38N4O4/c1-19(35)31-17-20-11-13-21(14-12-20)29(36)33-26-10-6-4-8-24(26)30(37)34-16-15-23-27(18-38-2)32-25-9-5-3-7-22(25)28(23)34/h3,5,7,9,11-14,23-24,26-28,32H,4,6,8,10,15-18H2,1-2H3,(H,31,35)(H,33,36)/t23-,24-,26+,27-,28-/m0/s1.